The summed E-state index contributed by atoms with van der Waals surface area (Å²) in [5.74, 6) is 0.732. The second-order valence-electron chi connectivity index (χ2n) is 5.25. The summed E-state index contributed by atoms with van der Waals surface area (Å²) in [5, 5.41) is 0. The van der Waals surface area contributed by atoms with Crippen LogP contribution in [0, 0.1) is 5.92 Å². The van der Waals surface area contributed by atoms with Gasteiger partial charge in [-0.05, 0) is 48.5 Å². The summed E-state index contributed by atoms with van der Waals surface area (Å²) in [6, 6.07) is 4.18. The molecule has 1 aromatic heterocycles. The van der Waals surface area contributed by atoms with Crippen LogP contribution in [0.1, 0.15) is 38.4 Å². The molecule has 0 bridgehead atoms. The Morgan fingerprint density at radius 1 is 1.33 bits per heavy atom. The average Bonchev–Trinajstić information content (AvgIpc) is 2.66. The monoisotopic (exact) mass is 239 g/mol. The zero-order valence-corrected chi connectivity index (χ0v) is 11.5. The molecule has 0 unspecified atom stereocenters. The third-order valence-corrected chi connectivity index (χ3v) is 3.26. The fourth-order valence-electron chi connectivity index (χ4n) is 2.19. The van der Waals surface area contributed by atoms with Crippen LogP contribution in [0.4, 0.5) is 0 Å². The Bertz CT molecular complexity index is 504. The van der Waals surface area contributed by atoms with E-state index in [0.29, 0.717) is 0 Å². The van der Waals surface area contributed by atoms with E-state index in [1.807, 2.05) is 12.3 Å². The Hall–Kier alpha value is -1.63. The van der Waals surface area contributed by atoms with Crippen molar-refractivity contribution in [1.82, 2.24) is 4.98 Å². The molecule has 1 heteroatoms. The number of allylic oxidation sites excluding steroid dienone is 6. The van der Waals surface area contributed by atoms with Gasteiger partial charge in [-0.2, -0.15) is 0 Å². The van der Waals surface area contributed by atoms with Gasteiger partial charge < -0.3 is 0 Å². The van der Waals surface area contributed by atoms with Crippen molar-refractivity contribution in [2.45, 2.75) is 33.6 Å². The number of aromatic nitrogens is 1. The van der Waals surface area contributed by atoms with Gasteiger partial charge >= 0.3 is 0 Å². The molecule has 0 atom stereocenters. The number of fused-ring (bicyclic) bond motifs is 1. The van der Waals surface area contributed by atoms with Crippen LogP contribution in [0.2, 0.25) is 0 Å². The van der Waals surface area contributed by atoms with E-state index in [1.54, 1.807) is 0 Å². The van der Waals surface area contributed by atoms with Crippen molar-refractivity contribution in [2.75, 3.05) is 0 Å². The molecule has 0 fully saturated rings. The van der Waals surface area contributed by atoms with Crippen LogP contribution in [0.15, 0.2) is 48.2 Å². The van der Waals surface area contributed by atoms with Crippen LogP contribution < -0.4 is 0 Å². The highest BCUT2D eigenvalue weighted by molar-refractivity contribution is 5.74. The first-order chi connectivity index (χ1) is 8.68. The van der Waals surface area contributed by atoms with E-state index in [9.17, 15) is 0 Å². The minimum atomic E-state index is 0.732. The van der Waals surface area contributed by atoms with Crippen molar-refractivity contribution in [3.05, 3.63) is 59.5 Å². The Morgan fingerprint density at radius 3 is 2.89 bits per heavy atom. The molecule has 0 aromatic carbocycles. The van der Waals surface area contributed by atoms with Crippen molar-refractivity contribution in [3.63, 3.8) is 0 Å². The standard InChI is InChI=1S/C17H21N/c1-13(2)8-5-4-6-9-15-12-16-10-7-11-18-17(16)14(15)3/h4-7,9-11,13H,8,12H2,1-3H3/b5-4+,9-6-. The fourth-order valence-corrected chi connectivity index (χ4v) is 2.19. The number of hydrogen-bond donors (Lipinski definition) is 0. The minimum Gasteiger partial charge on any atom is -0.256 e. The third kappa shape index (κ3) is 2.98. The van der Waals surface area contributed by atoms with Gasteiger partial charge in [-0.3, -0.25) is 4.98 Å². The SMILES string of the molecule is CC1=C(/C=C\C=C\CC(C)C)Cc2cccnc21. The van der Waals surface area contributed by atoms with E-state index in [0.717, 1.165) is 18.8 Å². The van der Waals surface area contributed by atoms with Crippen molar-refractivity contribution >= 4 is 5.57 Å². The summed E-state index contributed by atoms with van der Waals surface area (Å²) in [6.45, 7) is 6.64. The zero-order chi connectivity index (χ0) is 13.0. The third-order valence-electron chi connectivity index (χ3n) is 3.26. The molecule has 1 nitrogen and oxygen atoms in total. The molecule has 0 aliphatic heterocycles. The lowest BCUT2D eigenvalue weighted by Crippen LogP contribution is -1.85. The predicted octanol–water partition coefficient (Wildman–Crippen LogP) is 4.57. The molecule has 2 rings (SSSR count). The highest BCUT2D eigenvalue weighted by Gasteiger charge is 2.16. The highest BCUT2D eigenvalue weighted by atomic mass is 14.7. The van der Waals surface area contributed by atoms with Gasteiger partial charge in [0.1, 0.15) is 0 Å². The van der Waals surface area contributed by atoms with E-state index in [-0.39, 0.29) is 0 Å². The molecule has 1 aliphatic carbocycles. The smallest absolute Gasteiger partial charge is 0.0696 e. The summed E-state index contributed by atoms with van der Waals surface area (Å²) < 4.78 is 0. The van der Waals surface area contributed by atoms with Gasteiger partial charge in [0, 0.05) is 6.20 Å². The Kier molecular flexibility index (Phi) is 4.14. The number of pyridine rings is 1. The Balaban J connectivity index is 2.02. The summed E-state index contributed by atoms with van der Waals surface area (Å²) in [7, 11) is 0. The van der Waals surface area contributed by atoms with E-state index < -0.39 is 0 Å². The average molecular weight is 239 g/mol. The topological polar surface area (TPSA) is 12.9 Å². The van der Waals surface area contributed by atoms with Gasteiger partial charge in [0.25, 0.3) is 0 Å². The molecule has 0 saturated carbocycles. The highest BCUT2D eigenvalue weighted by Crippen LogP contribution is 2.31. The summed E-state index contributed by atoms with van der Waals surface area (Å²) >= 11 is 0. The summed E-state index contributed by atoms with van der Waals surface area (Å²) in [4.78, 5) is 4.45. The first-order valence-corrected chi connectivity index (χ1v) is 6.65. The van der Waals surface area contributed by atoms with Gasteiger partial charge in [-0.1, -0.05) is 44.2 Å². The van der Waals surface area contributed by atoms with Crippen molar-refractivity contribution in [3.8, 4) is 0 Å². The van der Waals surface area contributed by atoms with Gasteiger partial charge in [0.05, 0.1) is 5.69 Å². The molecule has 94 valence electrons. The van der Waals surface area contributed by atoms with Crippen LogP contribution in [0.3, 0.4) is 0 Å². The first kappa shape index (κ1) is 12.8. The number of rotatable bonds is 4. The van der Waals surface area contributed by atoms with Crippen molar-refractivity contribution in [2.24, 2.45) is 5.92 Å². The lowest BCUT2D eigenvalue weighted by Gasteiger charge is -1.96. The molecule has 1 aromatic rings. The van der Waals surface area contributed by atoms with E-state index in [2.05, 4.69) is 56.1 Å². The molecule has 0 amide bonds. The van der Waals surface area contributed by atoms with E-state index in [1.165, 1.54) is 22.4 Å². The lowest BCUT2D eigenvalue weighted by molar-refractivity contribution is 0.664. The first-order valence-electron chi connectivity index (χ1n) is 6.65. The van der Waals surface area contributed by atoms with E-state index >= 15 is 0 Å². The van der Waals surface area contributed by atoms with Crippen molar-refractivity contribution in [1.29, 1.82) is 0 Å². The van der Waals surface area contributed by atoms with Crippen molar-refractivity contribution < 1.29 is 0 Å². The maximum absolute atomic E-state index is 4.45. The largest absolute Gasteiger partial charge is 0.256 e. The molecular weight excluding hydrogens is 218 g/mol. The second-order valence-corrected chi connectivity index (χ2v) is 5.25. The molecular formula is C17H21N. The van der Waals surface area contributed by atoms with Gasteiger partial charge in [0.15, 0.2) is 0 Å². The molecule has 0 spiro atoms. The number of nitrogens with zero attached hydrogens (tertiary/aromatic N) is 1. The molecule has 0 saturated heterocycles. The van der Waals surface area contributed by atoms with Gasteiger partial charge in [-0.25, -0.2) is 0 Å². The van der Waals surface area contributed by atoms with Crippen LogP contribution in [-0.2, 0) is 6.42 Å². The zero-order valence-electron chi connectivity index (χ0n) is 11.5. The maximum Gasteiger partial charge on any atom is 0.0696 e. The molecule has 0 radical (unpaired) electrons. The number of hydrogen-bond acceptors (Lipinski definition) is 1. The van der Waals surface area contributed by atoms with Crippen LogP contribution in [0.5, 0.6) is 0 Å². The van der Waals surface area contributed by atoms with Gasteiger partial charge in [-0.15, -0.1) is 0 Å². The fraction of sp³-hybridized carbons (Fsp3) is 0.353. The van der Waals surface area contributed by atoms with Crippen LogP contribution in [0.25, 0.3) is 5.57 Å². The second kappa shape index (κ2) is 5.81. The van der Waals surface area contributed by atoms with Crippen LogP contribution >= 0.6 is 0 Å². The van der Waals surface area contributed by atoms with Gasteiger partial charge in [0.2, 0.25) is 0 Å². The molecule has 1 aliphatic rings. The van der Waals surface area contributed by atoms with Crippen LogP contribution in [-0.4, -0.2) is 4.98 Å². The quantitative estimate of drug-likeness (QED) is 0.701. The molecule has 1 heterocycles. The normalized spacial score (nSPS) is 15.3. The molecule has 0 N–H and O–H groups in total. The summed E-state index contributed by atoms with van der Waals surface area (Å²) in [5.41, 5.74) is 5.22. The predicted molar refractivity (Wildman–Crippen MR) is 78.3 cm³/mol. The lowest BCUT2D eigenvalue weighted by atomic mass is 10.1. The minimum absolute atomic E-state index is 0.732. The van der Waals surface area contributed by atoms with E-state index in [4.69, 9.17) is 0 Å². The molecule has 18 heavy (non-hydrogen) atoms. The maximum atomic E-state index is 4.45. The Labute approximate surface area is 110 Å². The summed E-state index contributed by atoms with van der Waals surface area (Å²) in [6.07, 6.45) is 12.8. The Morgan fingerprint density at radius 2 is 2.17 bits per heavy atom.